The number of nitrogens with zero attached hydrogens (tertiary/aromatic N) is 3. The Kier molecular flexibility index (Phi) is 7.49. The third-order valence-electron chi connectivity index (χ3n) is 13.0. The topological polar surface area (TPSA) is 51.8 Å². The molecule has 0 saturated carbocycles. The first kappa shape index (κ1) is 34.6. The zero-order valence-electron chi connectivity index (χ0n) is 33.5. The molecule has 0 bridgehead atoms. The Morgan fingerprint density at radius 2 is 0.774 bits per heavy atom. The van der Waals surface area contributed by atoms with E-state index >= 15 is 0 Å². The highest BCUT2D eigenvalue weighted by Crippen LogP contribution is 2.63. The fraction of sp³-hybridized carbons (Fsp3) is 0.0172. The van der Waals surface area contributed by atoms with Gasteiger partial charge in [0.15, 0.2) is 17.5 Å². The molecule has 0 N–H and O–H groups in total. The zero-order chi connectivity index (χ0) is 40.8. The van der Waals surface area contributed by atoms with Crippen LogP contribution in [0.4, 0.5) is 0 Å². The van der Waals surface area contributed by atoms with Crippen LogP contribution in [0.3, 0.4) is 0 Å². The van der Waals surface area contributed by atoms with Crippen LogP contribution in [0.1, 0.15) is 22.3 Å². The van der Waals surface area contributed by atoms with Crippen LogP contribution >= 0.6 is 0 Å². The molecule has 0 radical (unpaired) electrons. The minimum absolute atomic E-state index is 0.414. The number of hydrogen-bond acceptors (Lipinski definition) is 4. The molecule has 0 fully saturated rings. The van der Waals surface area contributed by atoms with Crippen LogP contribution in [0.2, 0.25) is 0 Å². The Hall–Kier alpha value is -8.21. The summed E-state index contributed by atoms with van der Waals surface area (Å²) in [5, 5.41) is 1.99. The van der Waals surface area contributed by atoms with E-state index in [4.69, 9.17) is 19.4 Å². The summed E-state index contributed by atoms with van der Waals surface area (Å²) in [5.41, 5.74) is 18.9. The van der Waals surface area contributed by atoms with Gasteiger partial charge in [-0.15, -0.1) is 0 Å². The maximum Gasteiger partial charge on any atom is 0.164 e. The van der Waals surface area contributed by atoms with Gasteiger partial charge in [0.1, 0.15) is 11.2 Å². The fourth-order valence-corrected chi connectivity index (χ4v) is 10.3. The number of benzene rings is 9. The number of fused-ring (bicyclic) bond motifs is 13. The van der Waals surface area contributed by atoms with Gasteiger partial charge in [-0.05, 0) is 97.1 Å². The second-order valence-corrected chi connectivity index (χ2v) is 16.3. The highest BCUT2D eigenvalue weighted by molar-refractivity contribution is 6.13. The highest BCUT2D eigenvalue weighted by atomic mass is 16.3. The molecule has 288 valence electrons. The third-order valence-corrected chi connectivity index (χ3v) is 13.0. The van der Waals surface area contributed by atoms with Crippen molar-refractivity contribution in [1.82, 2.24) is 15.0 Å². The molecule has 0 aliphatic heterocycles. The smallest absolute Gasteiger partial charge is 0.164 e. The Morgan fingerprint density at radius 1 is 0.290 bits per heavy atom. The van der Waals surface area contributed by atoms with Crippen LogP contribution < -0.4 is 0 Å². The van der Waals surface area contributed by atoms with Crippen LogP contribution in [0.5, 0.6) is 0 Å². The first-order valence-corrected chi connectivity index (χ1v) is 21.1. The van der Waals surface area contributed by atoms with Gasteiger partial charge < -0.3 is 4.42 Å². The molecule has 9 aromatic carbocycles. The van der Waals surface area contributed by atoms with Crippen LogP contribution in [0.25, 0.3) is 101 Å². The fourth-order valence-electron chi connectivity index (χ4n) is 10.3. The first-order chi connectivity index (χ1) is 30.7. The second-order valence-electron chi connectivity index (χ2n) is 16.3. The minimum Gasteiger partial charge on any atom is -0.456 e. The van der Waals surface area contributed by atoms with Crippen molar-refractivity contribution in [3.63, 3.8) is 0 Å². The summed E-state index contributed by atoms with van der Waals surface area (Å²) >= 11 is 0. The molecule has 62 heavy (non-hydrogen) atoms. The van der Waals surface area contributed by atoms with Gasteiger partial charge in [0.05, 0.1) is 5.41 Å². The summed E-state index contributed by atoms with van der Waals surface area (Å²) in [4.78, 5) is 15.5. The maximum absolute atomic E-state index is 6.60. The summed E-state index contributed by atoms with van der Waals surface area (Å²) in [6.07, 6.45) is 0. The summed E-state index contributed by atoms with van der Waals surface area (Å²) in [6.45, 7) is 0. The predicted molar refractivity (Wildman–Crippen MR) is 251 cm³/mol. The molecule has 2 aliphatic carbocycles. The van der Waals surface area contributed by atoms with Crippen molar-refractivity contribution in [2.45, 2.75) is 5.41 Å². The minimum atomic E-state index is -0.414. The number of hydrogen-bond donors (Lipinski definition) is 0. The van der Waals surface area contributed by atoms with Crippen molar-refractivity contribution in [3.8, 4) is 78.7 Å². The Morgan fingerprint density at radius 3 is 1.47 bits per heavy atom. The van der Waals surface area contributed by atoms with Crippen molar-refractivity contribution < 1.29 is 4.42 Å². The van der Waals surface area contributed by atoms with E-state index in [9.17, 15) is 0 Å². The molecule has 13 rings (SSSR count). The lowest BCUT2D eigenvalue weighted by atomic mass is 9.70. The molecule has 2 heterocycles. The third kappa shape index (κ3) is 5.04. The Balaban J connectivity index is 0.993. The molecule has 2 aromatic heterocycles. The molecular weight excluding hydrogens is 755 g/mol. The largest absolute Gasteiger partial charge is 0.456 e. The summed E-state index contributed by atoms with van der Waals surface area (Å²) in [5.74, 6) is 1.82. The molecule has 0 unspecified atom stereocenters. The van der Waals surface area contributed by atoms with Gasteiger partial charge in [0.25, 0.3) is 0 Å². The number of rotatable bonds is 5. The van der Waals surface area contributed by atoms with E-state index in [2.05, 4.69) is 164 Å². The van der Waals surface area contributed by atoms with Crippen LogP contribution in [0, 0.1) is 0 Å². The van der Waals surface area contributed by atoms with Gasteiger partial charge >= 0.3 is 0 Å². The lowest BCUT2D eigenvalue weighted by Gasteiger charge is -2.30. The lowest BCUT2D eigenvalue weighted by molar-refractivity contribution is 0.669. The van der Waals surface area contributed by atoms with Gasteiger partial charge in [0, 0.05) is 27.5 Å². The summed E-state index contributed by atoms with van der Waals surface area (Å²) < 4.78 is 6.60. The molecule has 2 aliphatic rings. The quantitative estimate of drug-likeness (QED) is 0.174. The molecular formula is C58H35N3O. The van der Waals surface area contributed by atoms with Gasteiger partial charge in [-0.3, -0.25) is 0 Å². The highest BCUT2D eigenvalue weighted by Gasteiger charge is 2.51. The molecule has 0 atom stereocenters. The van der Waals surface area contributed by atoms with E-state index in [0.717, 1.165) is 60.9 Å². The van der Waals surface area contributed by atoms with Crippen molar-refractivity contribution in [2.24, 2.45) is 0 Å². The Labute approximate surface area is 358 Å². The standard InChI is InChI=1S/C58H35N3O/c1-3-15-36(16-4-1)38-19-13-20-41(33-38)56-59-55(37-17-5-2-6-18-37)60-57(61-56)46-24-14-28-53-54(46)47-34-39(30-32-52(47)62-53)40-29-31-45-44-23-9-12-27-50(44)58(51(45)35-40)48-25-10-7-21-42(48)43-22-8-11-26-49(43)58/h1-35H. The lowest BCUT2D eigenvalue weighted by Crippen LogP contribution is -2.25. The van der Waals surface area contributed by atoms with E-state index in [1.54, 1.807) is 0 Å². The van der Waals surface area contributed by atoms with E-state index in [1.165, 1.54) is 44.5 Å². The second kappa shape index (κ2) is 13.4. The first-order valence-electron chi connectivity index (χ1n) is 21.1. The zero-order valence-corrected chi connectivity index (χ0v) is 33.5. The Bertz CT molecular complexity index is 3530. The number of aromatic nitrogens is 3. The molecule has 4 heteroatoms. The molecule has 1 spiro atoms. The van der Waals surface area contributed by atoms with E-state index < -0.39 is 5.41 Å². The number of furan rings is 1. The van der Waals surface area contributed by atoms with Gasteiger partial charge in [0.2, 0.25) is 0 Å². The summed E-state index contributed by atoms with van der Waals surface area (Å²) in [6, 6.07) is 75.6. The van der Waals surface area contributed by atoms with Crippen LogP contribution in [0.15, 0.2) is 217 Å². The van der Waals surface area contributed by atoms with Gasteiger partial charge in [-0.1, -0.05) is 182 Å². The SMILES string of the molecule is c1ccc(-c2cccc(-c3nc(-c4ccccc4)nc(-c4cccc5oc6ccc(-c7ccc8c(c7)C7(c9ccccc9-c9ccccc97)c7ccccc7-8)cc6c45)n3)c2)cc1. The van der Waals surface area contributed by atoms with Crippen molar-refractivity contribution >= 4 is 21.9 Å². The molecule has 0 amide bonds. The van der Waals surface area contributed by atoms with E-state index in [0.29, 0.717) is 17.5 Å². The van der Waals surface area contributed by atoms with Crippen molar-refractivity contribution in [2.75, 3.05) is 0 Å². The average Bonchev–Trinajstić information content (AvgIpc) is 3.98. The van der Waals surface area contributed by atoms with E-state index in [-0.39, 0.29) is 0 Å². The van der Waals surface area contributed by atoms with Crippen molar-refractivity contribution in [1.29, 1.82) is 0 Å². The van der Waals surface area contributed by atoms with Crippen molar-refractivity contribution in [3.05, 3.63) is 235 Å². The predicted octanol–water partition coefficient (Wildman–Crippen LogP) is 14.4. The maximum atomic E-state index is 6.60. The molecule has 11 aromatic rings. The van der Waals surface area contributed by atoms with Crippen LogP contribution in [-0.2, 0) is 5.41 Å². The van der Waals surface area contributed by atoms with E-state index in [1.807, 2.05) is 48.5 Å². The molecule has 4 nitrogen and oxygen atoms in total. The average molecular weight is 790 g/mol. The monoisotopic (exact) mass is 789 g/mol. The molecule has 0 saturated heterocycles. The normalized spacial score (nSPS) is 13.0. The summed E-state index contributed by atoms with van der Waals surface area (Å²) in [7, 11) is 0. The van der Waals surface area contributed by atoms with Crippen LogP contribution in [-0.4, -0.2) is 15.0 Å². The van der Waals surface area contributed by atoms with Gasteiger partial charge in [-0.25, -0.2) is 15.0 Å². The van der Waals surface area contributed by atoms with Gasteiger partial charge in [-0.2, -0.15) is 0 Å².